The molecule has 2 atom stereocenters. The van der Waals surface area contributed by atoms with Crippen LogP contribution in [0.1, 0.15) is 44.7 Å². The highest BCUT2D eigenvalue weighted by atomic mass is 16.6. The minimum absolute atomic E-state index is 0.0700. The molecule has 1 heterocycles. The van der Waals surface area contributed by atoms with Crippen molar-refractivity contribution in [3.8, 4) is 11.5 Å². The van der Waals surface area contributed by atoms with E-state index in [1.54, 1.807) is 25.1 Å². The number of nitrogens with one attached hydrogen (secondary N) is 4. The molecule has 10 heteroatoms. The summed E-state index contributed by atoms with van der Waals surface area (Å²) in [6, 6.07) is 12.3. The van der Waals surface area contributed by atoms with Gasteiger partial charge in [-0.25, -0.2) is 4.79 Å². The Hall–Kier alpha value is -4.08. The predicted molar refractivity (Wildman–Crippen MR) is 142 cm³/mol. The molecule has 3 rings (SSSR count). The first-order chi connectivity index (χ1) is 18.3. The second-order valence-electron chi connectivity index (χ2n) is 9.45. The maximum Gasteiger partial charge on any atom is 0.315 e. The molecule has 10 nitrogen and oxygen atoms in total. The average Bonchev–Trinajstić information content (AvgIpc) is 2.92. The lowest BCUT2D eigenvalue weighted by atomic mass is 10.0. The quantitative estimate of drug-likeness (QED) is 0.315. The number of hydrogen-bond donors (Lipinski definition) is 4. The number of hydrogen-bond acceptors (Lipinski definition) is 6. The van der Waals surface area contributed by atoms with E-state index in [2.05, 4.69) is 21.3 Å². The van der Waals surface area contributed by atoms with Crippen molar-refractivity contribution in [2.24, 2.45) is 5.92 Å². The van der Waals surface area contributed by atoms with Gasteiger partial charge in [-0.1, -0.05) is 63.2 Å². The highest BCUT2D eigenvalue weighted by Gasteiger charge is 2.29. The van der Waals surface area contributed by atoms with Crippen molar-refractivity contribution < 1.29 is 28.7 Å². The van der Waals surface area contributed by atoms with Crippen molar-refractivity contribution in [1.82, 2.24) is 21.3 Å². The molecule has 4 N–H and O–H groups in total. The van der Waals surface area contributed by atoms with Gasteiger partial charge in [0.25, 0.3) is 5.91 Å². The molecule has 0 bridgehead atoms. The molecule has 1 aliphatic rings. The summed E-state index contributed by atoms with van der Waals surface area (Å²) in [6.07, 6.45) is 0.576. The van der Waals surface area contributed by atoms with Gasteiger partial charge in [0.05, 0.1) is 6.04 Å². The number of carbonyl (C=O) groups is 4. The van der Waals surface area contributed by atoms with Gasteiger partial charge in [0.1, 0.15) is 19.3 Å². The second-order valence-corrected chi connectivity index (χ2v) is 9.45. The minimum atomic E-state index is -1.03. The van der Waals surface area contributed by atoms with Crippen LogP contribution in [0.5, 0.6) is 11.5 Å². The number of amides is 4. The van der Waals surface area contributed by atoms with Gasteiger partial charge in [-0.05, 0) is 30.4 Å². The van der Waals surface area contributed by atoms with Crippen LogP contribution in [0, 0.1) is 5.92 Å². The summed E-state index contributed by atoms with van der Waals surface area (Å²) in [5.74, 6) is -0.879. The van der Waals surface area contributed by atoms with Gasteiger partial charge >= 0.3 is 6.03 Å². The van der Waals surface area contributed by atoms with Crippen molar-refractivity contribution in [2.45, 2.75) is 58.8 Å². The molecule has 0 saturated carbocycles. The maximum atomic E-state index is 13.1. The molecule has 1 aliphatic heterocycles. The zero-order valence-electron chi connectivity index (χ0n) is 22.0. The fraction of sp³-hybridized carbons (Fsp3) is 0.429. The Kier molecular flexibility index (Phi) is 10.5. The summed E-state index contributed by atoms with van der Waals surface area (Å²) in [6.45, 7) is 6.78. The molecular weight excluding hydrogens is 488 g/mol. The molecule has 2 aromatic rings. The Morgan fingerprint density at radius 2 is 1.58 bits per heavy atom. The van der Waals surface area contributed by atoms with Gasteiger partial charge in [0, 0.05) is 18.7 Å². The van der Waals surface area contributed by atoms with Crippen molar-refractivity contribution >= 4 is 23.6 Å². The molecule has 2 aromatic carbocycles. The summed E-state index contributed by atoms with van der Waals surface area (Å²) in [7, 11) is 0. The van der Waals surface area contributed by atoms with Gasteiger partial charge in [-0.2, -0.15) is 0 Å². The van der Waals surface area contributed by atoms with Crippen LogP contribution in [0.25, 0.3) is 0 Å². The number of para-hydroxylation sites is 1. The number of ether oxygens (including phenoxy) is 2. The van der Waals surface area contributed by atoms with Crippen LogP contribution >= 0.6 is 0 Å². The third-order valence-electron chi connectivity index (χ3n) is 5.98. The lowest BCUT2D eigenvalue weighted by Crippen LogP contribution is -2.55. The lowest BCUT2D eigenvalue weighted by Gasteiger charge is -2.23. The van der Waals surface area contributed by atoms with Gasteiger partial charge < -0.3 is 30.7 Å². The van der Waals surface area contributed by atoms with E-state index < -0.39 is 35.7 Å². The lowest BCUT2D eigenvalue weighted by molar-refractivity contribution is -0.140. The monoisotopic (exact) mass is 524 g/mol. The second kappa shape index (κ2) is 14.0. The summed E-state index contributed by atoms with van der Waals surface area (Å²) in [5.41, 5.74) is 1.61. The first kappa shape index (κ1) is 28.5. The first-order valence-electron chi connectivity index (χ1n) is 12.9. The molecule has 204 valence electrons. The number of urea groups is 1. The molecule has 0 aliphatic carbocycles. The Morgan fingerprint density at radius 1 is 0.842 bits per heavy atom. The topological polar surface area (TPSA) is 135 Å². The van der Waals surface area contributed by atoms with E-state index >= 15 is 0 Å². The molecular formula is C28H36N4O6. The molecule has 0 saturated heterocycles. The molecule has 0 aromatic heterocycles. The number of ketones is 1. The van der Waals surface area contributed by atoms with Gasteiger partial charge in [-0.15, -0.1) is 0 Å². The number of benzene rings is 2. The van der Waals surface area contributed by atoms with E-state index in [1.807, 2.05) is 44.2 Å². The summed E-state index contributed by atoms with van der Waals surface area (Å²) >= 11 is 0. The number of Topliss-reactive ketones (excluding diaryl/α,β-unsaturated/α-hetero) is 1. The summed E-state index contributed by atoms with van der Waals surface area (Å²) < 4.78 is 11.2. The fourth-order valence-corrected chi connectivity index (χ4v) is 4.01. The van der Waals surface area contributed by atoms with Crippen LogP contribution in [0.2, 0.25) is 0 Å². The van der Waals surface area contributed by atoms with E-state index in [0.29, 0.717) is 43.2 Å². The molecule has 0 radical (unpaired) electrons. The highest BCUT2D eigenvalue weighted by Crippen LogP contribution is 2.33. The summed E-state index contributed by atoms with van der Waals surface area (Å²) in [5, 5.41) is 10.7. The van der Waals surface area contributed by atoms with Crippen molar-refractivity contribution in [1.29, 1.82) is 0 Å². The van der Waals surface area contributed by atoms with Crippen LogP contribution in [-0.4, -0.2) is 48.9 Å². The molecule has 0 spiro atoms. The van der Waals surface area contributed by atoms with E-state index in [-0.39, 0.29) is 18.9 Å². The van der Waals surface area contributed by atoms with Crippen molar-refractivity contribution in [3.05, 3.63) is 59.7 Å². The number of rotatable bonds is 12. The highest BCUT2D eigenvalue weighted by molar-refractivity contribution is 6.38. The van der Waals surface area contributed by atoms with Crippen molar-refractivity contribution in [2.75, 3.05) is 13.2 Å². The third kappa shape index (κ3) is 8.22. The van der Waals surface area contributed by atoms with Crippen LogP contribution in [0.4, 0.5) is 4.79 Å². The van der Waals surface area contributed by atoms with Crippen LogP contribution in [0.15, 0.2) is 48.5 Å². The third-order valence-corrected chi connectivity index (χ3v) is 5.98. The SMILES string of the molecule is CCC(NC(=O)C(CC(C)C)NC(=O)NCc1ccccc1)C(=O)C(=O)NCc1cccc2c1OCCO2. The minimum Gasteiger partial charge on any atom is -0.486 e. The van der Waals surface area contributed by atoms with Crippen molar-refractivity contribution in [3.63, 3.8) is 0 Å². The molecule has 2 unspecified atom stereocenters. The first-order valence-corrected chi connectivity index (χ1v) is 12.9. The van der Waals surface area contributed by atoms with E-state index in [0.717, 1.165) is 5.56 Å². The molecule has 38 heavy (non-hydrogen) atoms. The molecule has 0 fully saturated rings. The van der Waals surface area contributed by atoms with Crippen LogP contribution in [-0.2, 0) is 27.5 Å². The van der Waals surface area contributed by atoms with Gasteiger partial charge in [0.15, 0.2) is 11.5 Å². The Balaban J connectivity index is 1.56. The van der Waals surface area contributed by atoms with Crippen LogP contribution < -0.4 is 30.7 Å². The zero-order valence-corrected chi connectivity index (χ0v) is 22.0. The van der Waals surface area contributed by atoms with E-state index in [1.165, 1.54) is 0 Å². The molecule has 4 amide bonds. The fourth-order valence-electron chi connectivity index (χ4n) is 4.01. The van der Waals surface area contributed by atoms with Gasteiger partial charge in [-0.3, -0.25) is 14.4 Å². The predicted octanol–water partition coefficient (Wildman–Crippen LogP) is 2.45. The standard InChI is InChI=1S/C28H36N4O6/c1-4-21(24(33)27(35)29-17-20-11-8-12-23-25(20)38-14-13-37-23)31-26(34)22(15-18(2)3)32-28(36)30-16-19-9-6-5-7-10-19/h5-12,18,21-22H,4,13-17H2,1-3H3,(H,29,35)(H,31,34)(H2,30,32,36). The van der Waals surface area contributed by atoms with E-state index in [4.69, 9.17) is 9.47 Å². The Labute approximate surface area is 222 Å². The maximum absolute atomic E-state index is 13.1. The van der Waals surface area contributed by atoms with E-state index in [9.17, 15) is 19.2 Å². The number of fused-ring (bicyclic) bond motifs is 1. The smallest absolute Gasteiger partial charge is 0.315 e. The summed E-state index contributed by atoms with van der Waals surface area (Å²) in [4.78, 5) is 51.0. The average molecular weight is 525 g/mol. The zero-order chi connectivity index (χ0) is 27.5. The Morgan fingerprint density at radius 3 is 2.29 bits per heavy atom. The normalized spacial score (nSPS) is 13.7. The largest absolute Gasteiger partial charge is 0.486 e. The number of carbonyl (C=O) groups excluding carboxylic acids is 4. The Bertz CT molecular complexity index is 1120. The van der Waals surface area contributed by atoms with Crippen LogP contribution in [0.3, 0.4) is 0 Å². The van der Waals surface area contributed by atoms with Gasteiger partial charge in [0.2, 0.25) is 11.7 Å².